The molecule has 0 aromatic carbocycles. The second-order valence-electron chi connectivity index (χ2n) is 2.46. The van der Waals surface area contributed by atoms with Crippen LogP contribution in [0.4, 0.5) is 0 Å². The minimum atomic E-state index is -0.933. The van der Waals surface area contributed by atoms with Crippen molar-refractivity contribution in [2.75, 3.05) is 0 Å². The topological polar surface area (TPSA) is 44.7 Å². The zero-order chi connectivity index (χ0) is 6.08. The molecule has 0 aromatic rings. The Kier molecular flexibility index (Phi) is 1.95. The maximum Gasteiger partial charge on any atom is 0.207 e. The third-order valence-corrected chi connectivity index (χ3v) is 2.05. The normalized spacial score (nSPS) is 16.6. The van der Waals surface area contributed by atoms with Gasteiger partial charge >= 0.3 is 0 Å². The van der Waals surface area contributed by atoms with Gasteiger partial charge in [-0.25, -0.2) is 0 Å². The van der Waals surface area contributed by atoms with E-state index in [0.29, 0.717) is 0 Å². The zero-order valence-corrected chi connectivity index (χ0v) is 5.84. The van der Waals surface area contributed by atoms with Gasteiger partial charge in [-0.2, -0.15) is 4.21 Å². The smallest absolute Gasteiger partial charge is 0.207 e. The molecular weight excluding hydrogens is 110 g/mol. The fourth-order valence-corrected chi connectivity index (χ4v) is 0. The lowest BCUT2D eigenvalue weighted by Gasteiger charge is -2.07. The molecule has 0 spiro atoms. The maximum absolute atomic E-state index is 10.5. The quantitative estimate of drug-likeness (QED) is 0.470. The first kappa shape index (κ1) is 7.11. The molecule has 0 saturated heterocycles. The lowest BCUT2D eigenvalue weighted by atomic mass is 10.3. The Morgan fingerprint density at radius 3 is 1.57 bits per heavy atom. The Hall–Kier alpha value is 0.110. The first-order chi connectivity index (χ1) is 2.94. The Balaban J connectivity index is 3.79. The van der Waals surface area contributed by atoms with Crippen LogP contribution in [0.3, 0.4) is 0 Å². The van der Waals surface area contributed by atoms with E-state index >= 15 is 0 Å². The van der Waals surface area contributed by atoms with Crippen LogP contribution in [0.2, 0.25) is 0 Å². The molecule has 0 amide bonds. The molecule has 2 nitrogen and oxygen atoms in total. The molecule has 44 valence electrons. The molecule has 0 saturated carbocycles. The predicted octanol–water partition coefficient (Wildman–Crippen LogP) is -0.310. The molecule has 0 fully saturated rings. The van der Waals surface area contributed by atoms with Crippen LogP contribution in [-0.4, -0.2) is 8.96 Å². The van der Waals surface area contributed by atoms with E-state index in [-0.39, 0.29) is 4.75 Å². The van der Waals surface area contributed by atoms with Crippen molar-refractivity contribution >= 4 is 11.0 Å². The summed E-state index contributed by atoms with van der Waals surface area (Å²) in [7, 11) is -0.933. The van der Waals surface area contributed by atoms with Gasteiger partial charge in [0.15, 0.2) is 0 Å². The van der Waals surface area contributed by atoms with Gasteiger partial charge in [0.2, 0.25) is 11.0 Å². The fraction of sp³-hybridized carbons (Fsp3) is 1.00. The first-order valence-corrected chi connectivity index (χ1v) is 3.48. The zero-order valence-electron chi connectivity index (χ0n) is 5.02. The van der Waals surface area contributed by atoms with Crippen molar-refractivity contribution in [3.63, 3.8) is 0 Å². The molecule has 0 radical (unpaired) electrons. The average molecular weight is 122 g/mol. The fourth-order valence-electron chi connectivity index (χ4n) is 0. The van der Waals surface area contributed by atoms with Gasteiger partial charge in [-0.15, -0.1) is 0 Å². The molecule has 0 rings (SSSR count). The van der Waals surface area contributed by atoms with Gasteiger partial charge < -0.3 is 0 Å². The van der Waals surface area contributed by atoms with Gasteiger partial charge in [-0.1, -0.05) is 0 Å². The maximum atomic E-state index is 10.5. The highest BCUT2D eigenvalue weighted by Crippen LogP contribution is 2.03. The number of quaternary nitrogens is 1. The van der Waals surface area contributed by atoms with E-state index in [1.807, 2.05) is 20.8 Å². The summed E-state index contributed by atoms with van der Waals surface area (Å²) in [6, 6.07) is 0. The SMILES string of the molecule is CC(C)(C)[S@]([NH3+])=O. The van der Waals surface area contributed by atoms with E-state index in [1.54, 1.807) is 0 Å². The van der Waals surface area contributed by atoms with Crippen molar-refractivity contribution < 1.29 is 9.35 Å². The molecule has 3 heteroatoms. The van der Waals surface area contributed by atoms with Crippen molar-refractivity contribution in [1.82, 2.24) is 0 Å². The molecule has 0 bridgehead atoms. The minimum absolute atomic E-state index is 0.139. The highest BCUT2D eigenvalue weighted by Gasteiger charge is 2.18. The summed E-state index contributed by atoms with van der Waals surface area (Å²) < 4.78 is 10.3. The summed E-state index contributed by atoms with van der Waals surface area (Å²) in [5, 5.41) is 3.38. The monoisotopic (exact) mass is 122 g/mol. The largest absolute Gasteiger partial charge is 0.272 e. The lowest BCUT2D eigenvalue weighted by Crippen LogP contribution is -2.58. The molecule has 3 N–H and O–H groups in total. The number of rotatable bonds is 0. The van der Waals surface area contributed by atoms with Crippen LogP contribution in [0.5, 0.6) is 0 Å². The standard InChI is InChI=1S/C4H11NOS/c1-4(2,3)7(5)6/h5H2,1-3H3/p+1/t7-/m1/s1. The van der Waals surface area contributed by atoms with E-state index < -0.39 is 11.0 Å². The van der Waals surface area contributed by atoms with Gasteiger partial charge in [0.1, 0.15) is 0 Å². The summed E-state index contributed by atoms with van der Waals surface area (Å²) in [4.78, 5) is 0. The second kappa shape index (κ2) is 1.92. The van der Waals surface area contributed by atoms with Crippen LogP contribution >= 0.6 is 0 Å². The summed E-state index contributed by atoms with van der Waals surface area (Å²) in [6.45, 7) is 5.70. The number of hydrogen-bond donors (Lipinski definition) is 1. The predicted molar refractivity (Wildman–Crippen MR) is 30.8 cm³/mol. The van der Waals surface area contributed by atoms with Gasteiger partial charge in [0, 0.05) is 0 Å². The van der Waals surface area contributed by atoms with Crippen LogP contribution in [-0.2, 0) is 11.0 Å². The summed E-state index contributed by atoms with van der Waals surface area (Å²) >= 11 is 0. The first-order valence-electron chi connectivity index (χ1n) is 2.16. The van der Waals surface area contributed by atoms with Crippen LogP contribution in [0.15, 0.2) is 0 Å². The van der Waals surface area contributed by atoms with E-state index in [4.69, 9.17) is 0 Å². The minimum Gasteiger partial charge on any atom is -0.272 e. The molecule has 1 atom stereocenters. The van der Waals surface area contributed by atoms with E-state index in [9.17, 15) is 4.21 Å². The summed E-state index contributed by atoms with van der Waals surface area (Å²) in [5.74, 6) is 0. The van der Waals surface area contributed by atoms with E-state index in [0.717, 1.165) is 0 Å². The van der Waals surface area contributed by atoms with Crippen LogP contribution in [0.25, 0.3) is 0 Å². The highest BCUT2D eigenvalue weighted by atomic mass is 32.2. The van der Waals surface area contributed by atoms with Gasteiger partial charge in [-0.05, 0) is 20.8 Å². The second-order valence-corrected chi connectivity index (χ2v) is 4.37. The van der Waals surface area contributed by atoms with Gasteiger partial charge in [0.25, 0.3) is 0 Å². The molecule has 0 unspecified atom stereocenters. The average Bonchev–Trinajstić information content (AvgIpc) is 1.31. The van der Waals surface area contributed by atoms with Crippen molar-refractivity contribution in [3.8, 4) is 0 Å². The molecule has 0 aliphatic rings. The Bertz CT molecular complexity index is 84.2. The summed E-state index contributed by atoms with van der Waals surface area (Å²) in [6.07, 6.45) is 0. The van der Waals surface area contributed by atoms with E-state index in [2.05, 4.69) is 5.14 Å². The van der Waals surface area contributed by atoms with Gasteiger partial charge in [0.05, 0.1) is 4.75 Å². The van der Waals surface area contributed by atoms with Crippen molar-refractivity contribution in [1.29, 1.82) is 0 Å². The third-order valence-electron chi connectivity index (χ3n) is 0.683. The molecule has 0 aromatic heterocycles. The van der Waals surface area contributed by atoms with E-state index in [1.165, 1.54) is 0 Å². The van der Waals surface area contributed by atoms with Crippen LogP contribution in [0.1, 0.15) is 20.8 Å². The Morgan fingerprint density at radius 2 is 1.57 bits per heavy atom. The molecule has 0 aliphatic carbocycles. The number of hydrogen-bond acceptors (Lipinski definition) is 1. The van der Waals surface area contributed by atoms with Crippen molar-refractivity contribution in [2.24, 2.45) is 0 Å². The van der Waals surface area contributed by atoms with Crippen LogP contribution in [0, 0.1) is 0 Å². The van der Waals surface area contributed by atoms with Crippen molar-refractivity contribution in [2.45, 2.75) is 25.5 Å². The Morgan fingerprint density at radius 1 is 1.43 bits per heavy atom. The molecule has 7 heavy (non-hydrogen) atoms. The third kappa shape index (κ3) is 2.76. The van der Waals surface area contributed by atoms with Crippen LogP contribution < -0.4 is 5.14 Å². The molecular formula is C4H12NOS+. The summed E-state index contributed by atoms with van der Waals surface area (Å²) in [5.41, 5.74) is 0. The Labute approximate surface area is 46.7 Å². The molecule has 0 aliphatic heterocycles. The highest BCUT2D eigenvalue weighted by molar-refractivity contribution is 7.79. The van der Waals surface area contributed by atoms with Gasteiger partial charge in [-0.3, -0.25) is 5.14 Å². The lowest BCUT2D eigenvalue weighted by molar-refractivity contribution is -0.156. The molecule has 0 heterocycles. The van der Waals surface area contributed by atoms with Crippen molar-refractivity contribution in [3.05, 3.63) is 0 Å².